The van der Waals surface area contributed by atoms with E-state index in [-0.39, 0.29) is 22.0 Å². The van der Waals surface area contributed by atoms with E-state index in [9.17, 15) is 17.6 Å². The van der Waals surface area contributed by atoms with Crippen LogP contribution in [0.25, 0.3) is 0 Å². The van der Waals surface area contributed by atoms with Gasteiger partial charge in [-0.3, -0.25) is 4.79 Å². The Balaban J connectivity index is 1.86. The maximum Gasteiger partial charge on any atom is 0.243 e. The van der Waals surface area contributed by atoms with Crippen molar-refractivity contribution in [1.29, 1.82) is 0 Å². The van der Waals surface area contributed by atoms with Crippen LogP contribution in [0.1, 0.15) is 11.1 Å². The highest BCUT2D eigenvalue weighted by Gasteiger charge is 2.28. The van der Waals surface area contributed by atoms with E-state index in [2.05, 4.69) is 5.32 Å². The van der Waals surface area contributed by atoms with Crippen molar-refractivity contribution in [2.45, 2.75) is 18.0 Å². The zero-order valence-corrected chi connectivity index (χ0v) is 19.9. The fourth-order valence-corrected chi connectivity index (χ4v) is 4.81. The highest BCUT2D eigenvalue weighted by Crippen LogP contribution is 2.25. The molecule has 3 rings (SSSR count). The SMILES string of the molecule is COc1ccccc1CNC(=O)CN(Cc1c(F)cccc1Cl)S(=O)(=O)c1ccc(Cl)cc1. The molecule has 0 atom stereocenters. The summed E-state index contributed by atoms with van der Waals surface area (Å²) in [6.07, 6.45) is 0. The first-order chi connectivity index (χ1) is 15.7. The average Bonchev–Trinajstić information content (AvgIpc) is 2.79. The molecule has 0 aliphatic heterocycles. The van der Waals surface area contributed by atoms with E-state index in [4.69, 9.17) is 27.9 Å². The molecule has 3 aromatic rings. The Morgan fingerprint density at radius 2 is 1.73 bits per heavy atom. The number of hydrogen-bond acceptors (Lipinski definition) is 4. The predicted molar refractivity (Wildman–Crippen MR) is 125 cm³/mol. The van der Waals surface area contributed by atoms with Crippen LogP contribution in [0.5, 0.6) is 5.75 Å². The van der Waals surface area contributed by atoms with Gasteiger partial charge < -0.3 is 10.1 Å². The number of rotatable bonds is 9. The van der Waals surface area contributed by atoms with Crippen molar-refractivity contribution in [3.8, 4) is 5.75 Å². The number of nitrogens with one attached hydrogen (secondary N) is 1. The summed E-state index contributed by atoms with van der Waals surface area (Å²) in [5.74, 6) is -0.666. The van der Waals surface area contributed by atoms with Gasteiger partial charge in [-0.15, -0.1) is 0 Å². The summed E-state index contributed by atoms with van der Waals surface area (Å²) in [5, 5.41) is 3.09. The number of carbonyl (C=O) groups is 1. The van der Waals surface area contributed by atoms with E-state index < -0.39 is 34.8 Å². The van der Waals surface area contributed by atoms with Gasteiger partial charge in [0.15, 0.2) is 0 Å². The topological polar surface area (TPSA) is 75.7 Å². The molecule has 0 aliphatic rings. The van der Waals surface area contributed by atoms with Gasteiger partial charge in [0.05, 0.1) is 18.6 Å². The fourth-order valence-electron chi connectivity index (χ4n) is 3.10. The summed E-state index contributed by atoms with van der Waals surface area (Å²) in [4.78, 5) is 12.6. The summed E-state index contributed by atoms with van der Waals surface area (Å²) in [5.41, 5.74) is 0.687. The Hall–Kier alpha value is -2.65. The molecule has 174 valence electrons. The molecule has 0 spiro atoms. The lowest BCUT2D eigenvalue weighted by molar-refractivity contribution is -0.121. The molecular formula is C23H21Cl2FN2O4S. The fraction of sp³-hybridized carbons (Fsp3) is 0.174. The number of ether oxygens (including phenoxy) is 1. The molecule has 0 fully saturated rings. The van der Waals surface area contributed by atoms with E-state index in [0.29, 0.717) is 10.8 Å². The first kappa shape index (κ1) is 25.0. The van der Waals surface area contributed by atoms with Crippen LogP contribution in [0.4, 0.5) is 4.39 Å². The molecule has 1 N–H and O–H groups in total. The van der Waals surface area contributed by atoms with Crippen LogP contribution in [0.2, 0.25) is 10.0 Å². The van der Waals surface area contributed by atoms with Crippen LogP contribution < -0.4 is 10.1 Å². The summed E-state index contributed by atoms with van der Waals surface area (Å²) in [6.45, 7) is -0.860. The van der Waals surface area contributed by atoms with Gasteiger partial charge in [-0.2, -0.15) is 4.31 Å². The summed E-state index contributed by atoms with van der Waals surface area (Å²) >= 11 is 12.0. The molecule has 0 saturated heterocycles. The summed E-state index contributed by atoms with van der Waals surface area (Å²) in [7, 11) is -2.66. The van der Waals surface area contributed by atoms with Crippen molar-refractivity contribution in [3.05, 3.63) is 93.7 Å². The minimum absolute atomic E-state index is 0.0331. The van der Waals surface area contributed by atoms with Crippen LogP contribution in [0, 0.1) is 5.82 Å². The minimum atomic E-state index is -4.18. The number of benzene rings is 3. The summed E-state index contributed by atoms with van der Waals surface area (Å²) < 4.78 is 47.1. The first-order valence-corrected chi connectivity index (χ1v) is 12.0. The molecule has 33 heavy (non-hydrogen) atoms. The van der Waals surface area contributed by atoms with Crippen LogP contribution in [0.3, 0.4) is 0 Å². The number of amides is 1. The lowest BCUT2D eigenvalue weighted by atomic mass is 10.2. The van der Waals surface area contributed by atoms with Gasteiger partial charge in [-0.05, 0) is 42.5 Å². The molecule has 3 aromatic carbocycles. The van der Waals surface area contributed by atoms with Crippen molar-refractivity contribution in [2.75, 3.05) is 13.7 Å². The number of nitrogens with zero attached hydrogens (tertiary/aromatic N) is 1. The van der Waals surface area contributed by atoms with E-state index in [1.807, 2.05) is 0 Å². The van der Waals surface area contributed by atoms with Crippen molar-refractivity contribution < 1.29 is 22.3 Å². The third kappa shape index (κ3) is 6.23. The highest BCUT2D eigenvalue weighted by molar-refractivity contribution is 7.89. The number of sulfonamides is 1. The Kier molecular flexibility index (Phi) is 8.31. The van der Waals surface area contributed by atoms with Gasteiger partial charge in [-0.1, -0.05) is 47.5 Å². The Bertz CT molecular complexity index is 1220. The number of carbonyl (C=O) groups excluding carboxylic acids is 1. The van der Waals surface area contributed by atoms with Crippen LogP contribution in [0.15, 0.2) is 71.6 Å². The molecular weight excluding hydrogens is 490 g/mol. The minimum Gasteiger partial charge on any atom is -0.496 e. The van der Waals surface area contributed by atoms with Crippen molar-refractivity contribution in [2.24, 2.45) is 0 Å². The smallest absolute Gasteiger partial charge is 0.243 e. The molecule has 0 heterocycles. The maximum absolute atomic E-state index is 14.4. The Morgan fingerprint density at radius 1 is 1.03 bits per heavy atom. The zero-order valence-electron chi connectivity index (χ0n) is 17.6. The molecule has 0 aromatic heterocycles. The Morgan fingerprint density at radius 3 is 2.39 bits per heavy atom. The lowest BCUT2D eigenvalue weighted by Crippen LogP contribution is -2.40. The van der Waals surface area contributed by atoms with E-state index in [1.165, 1.54) is 49.6 Å². The second kappa shape index (κ2) is 11.0. The van der Waals surface area contributed by atoms with Gasteiger partial charge in [0.1, 0.15) is 11.6 Å². The van der Waals surface area contributed by atoms with Gasteiger partial charge in [0.2, 0.25) is 15.9 Å². The standard InChI is InChI=1S/C23H21Cl2FN2O4S/c1-32-22-8-3-2-5-16(22)13-27-23(29)15-28(14-19-20(25)6-4-7-21(19)26)33(30,31)18-11-9-17(24)10-12-18/h2-12H,13-15H2,1H3,(H,27,29). The first-order valence-electron chi connectivity index (χ1n) is 9.79. The number of halogens is 3. The second-order valence-corrected chi connectivity index (χ2v) is 9.80. The van der Waals surface area contributed by atoms with Gasteiger partial charge in [0.25, 0.3) is 0 Å². The average molecular weight is 511 g/mol. The molecule has 0 unspecified atom stereocenters. The van der Waals surface area contributed by atoms with Crippen LogP contribution in [-0.4, -0.2) is 32.3 Å². The van der Waals surface area contributed by atoms with Gasteiger partial charge in [0, 0.05) is 34.3 Å². The molecule has 6 nitrogen and oxygen atoms in total. The van der Waals surface area contributed by atoms with Crippen molar-refractivity contribution in [1.82, 2.24) is 9.62 Å². The van der Waals surface area contributed by atoms with E-state index in [1.54, 1.807) is 24.3 Å². The third-order valence-corrected chi connectivity index (χ3v) is 7.25. The lowest BCUT2D eigenvalue weighted by Gasteiger charge is -2.23. The zero-order chi connectivity index (χ0) is 24.0. The predicted octanol–water partition coefficient (Wildman–Crippen LogP) is 4.65. The summed E-state index contributed by atoms with van der Waals surface area (Å²) in [6, 6.07) is 16.6. The largest absolute Gasteiger partial charge is 0.496 e. The molecule has 10 heteroatoms. The molecule has 0 radical (unpaired) electrons. The van der Waals surface area contributed by atoms with Crippen LogP contribution in [-0.2, 0) is 27.9 Å². The molecule has 0 saturated carbocycles. The molecule has 1 amide bonds. The quantitative estimate of drug-likeness (QED) is 0.454. The van der Waals surface area contributed by atoms with Crippen molar-refractivity contribution in [3.63, 3.8) is 0 Å². The van der Waals surface area contributed by atoms with E-state index >= 15 is 0 Å². The van der Waals surface area contributed by atoms with Gasteiger partial charge in [-0.25, -0.2) is 12.8 Å². The monoisotopic (exact) mass is 510 g/mol. The maximum atomic E-state index is 14.4. The number of hydrogen-bond donors (Lipinski definition) is 1. The van der Waals surface area contributed by atoms with E-state index in [0.717, 1.165) is 9.87 Å². The third-order valence-electron chi connectivity index (χ3n) is 4.84. The second-order valence-electron chi connectivity index (χ2n) is 7.02. The molecule has 0 bridgehead atoms. The molecule has 0 aliphatic carbocycles. The normalized spacial score (nSPS) is 11.4. The Labute approximate surface area is 201 Å². The highest BCUT2D eigenvalue weighted by atomic mass is 35.5. The number of methoxy groups -OCH3 is 1. The van der Waals surface area contributed by atoms with Gasteiger partial charge >= 0.3 is 0 Å². The van der Waals surface area contributed by atoms with Crippen LogP contribution >= 0.6 is 23.2 Å². The number of para-hydroxylation sites is 1. The van der Waals surface area contributed by atoms with Crippen molar-refractivity contribution >= 4 is 39.1 Å².